The Morgan fingerprint density at radius 3 is 2.67 bits per heavy atom. The molecule has 4 fully saturated rings. The second kappa shape index (κ2) is 5.06. The molecule has 4 saturated carbocycles. The van der Waals surface area contributed by atoms with Crippen LogP contribution in [0.25, 0.3) is 0 Å². The normalized spacial score (nSPS) is 53.2. The summed E-state index contributed by atoms with van der Waals surface area (Å²) in [7, 11) is 1.37. The molecule has 0 aromatic rings. The monoisotopic (exact) mass is 334 g/mol. The highest BCUT2D eigenvalue weighted by Gasteiger charge is 2.69. The molecule has 0 unspecified atom stereocenters. The highest BCUT2D eigenvalue weighted by atomic mass is 16.5. The van der Waals surface area contributed by atoms with Crippen molar-refractivity contribution in [2.45, 2.75) is 70.8 Å². The molecule has 0 saturated heterocycles. The summed E-state index contributed by atoms with van der Waals surface area (Å²) in [5.41, 5.74) is -0.912. The van der Waals surface area contributed by atoms with Gasteiger partial charge in [0.2, 0.25) is 0 Å². The van der Waals surface area contributed by atoms with Crippen LogP contribution in [0.2, 0.25) is 0 Å². The van der Waals surface area contributed by atoms with Crippen molar-refractivity contribution in [3.05, 3.63) is 0 Å². The number of fused-ring (bicyclic) bond motifs is 2. The number of hydrogen-bond acceptors (Lipinski definition) is 4. The minimum Gasteiger partial charge on any atom is -0.467 e. The number of ether oxygens (including phenoxy) is 1. The van der Waals surface area contributed by atoms with E-state index in [0.717, 1.165) is 38.5 Å². The van der Waals surface area contributed by atoms with E-state index >= 15 is 0 Å². The molecule has 1 N–H and O–H groups in total. The third-order valence-electron chi connectivity index (χ3n) is 8.91. The highest BCUT2D eigenvalue weighted by molar-refractivity contribution is 5.82. The van der Waals surface area contributed by atoms with Crippen molar-refractivity contribution in [3.8, 4) is 0 Å². The highest BCUT2D eigenvalue weighted by Crippen LogP contribution is 2.73. The number of hydrogen-bond donors (Lipinski definition) is 1. The Morgan fingerprint density at radius 2 is 1.96 bits per heavy atom. The molecule has 4 aliphatic carbocycles. The lowest BCUT2D eigenvalue weighted by Gasteiger charge is -2.62. The maximum absolute atomic E-state index is 12.3. The van der Waals surface area contributed by atoms with Gasteiger partial charge in [0.05, 0.1) is 7.11 Å². The molecule has 0 heterocycles. The summed E-state index contributed by atoms with van der Waals surface area (Å²) in [5.74, 6) is 1.23. The van der Waals surface area contributed by atoms with Gasteiger partial charge in [0.1, 0.15) is 5.78 Å². The topological polar surface area (TPSA) is 63.6 Å². The predicted octanol–water partition coefficient (Wildman–Crippen LogP) is 3.11. The molecule has 0 aliphatic heterocycles. The summed E-state index contributed by atoms with van der Waals surface area (Å²) in [6.45, 7) is 4.54. The van der Waals surface area contributed by atoms with Gasteiger partial charge in [-0.1, -0.05) is 13.8 Å². The van der Waals surface area contributed by atoms with Crippen molar-refractivity contribution in [1.82, 2.24) is 0 Å². The van der Waals surface area contributed by atoms with E-state index in [1.165, 1.54) is 7.11 Å². The molecule has 0 amide bonds. The molecule has 0 radical (unpaired) electrons. The largest absolute Gasteiger partial charge is 0.467 e. The Kier molecular flexibility index (Phi) is 3.49. The lowest BCUT2D eigenvalue weighted by Crippen LogP contribution is -2.58. The molecule has 4 aliphatic rings. The lowest BCUT2D eigenvalue weighted by atomic mass is 9.42. The molecule has 0 aromatic carbocycles. The molecule has 7 atom stereocenters. The van der Waals surface area contributed by atoms with Crippen LogP contribution >= 0.6 is 0 Å². The standard InChI is InChI=1S/C20H30O4/c1-12-15-5-4-13-10-14-11-19(13,18(15,2)7-6-16(12)21)8-9-20(14,23)17(22)24-3/h12-15,23H,4-11H2,1-3H3/t12-,13-,14+,15-,18-,19-,20+/m0/s1. The van der Waals surface area contributed by atoms with Gasteiger partial charge in [-0.15, -0.1) is 0 Å². The number of aliphatic hydroxyl groups is 1. The van der Waals surface area contributed by atoms with Gasteiger partial charge >= 0.3 is 5.97 Å². The van der Waals surface area contributed by atoms with E-state index in [-0.39, 0.29) is 22.7 Å². The first-order valence-corrected chi connectivity index (χ1v) is 9.62. The first-order chi connectivity index (χ1) is 11.3. The van der Waals surface area contributed by atoms with Gasteiger partial charge in [-0.3, -0.25) is 4.79 Å². The van der Waals surface area contributed by atoms with Crippen LogP contribution in [-0.2, 0) is 14.3 Å². The molecular formula is C20H30O4. The number of carbonyl (C=O) groups excluding carboxylic acids is 2. The zero-order valence-electron chi connectivity index (χ0n) is 15.1. The second-order valence-corrected chi connectivity index (χ2v) is 9.26. The van der Waals surface area contributed by atoms with Gasteiger partial charge in [0.25, 0.3) is 0 Å². The van der Waals surface area contributed by atoms with Crippen molar-refractivity contribution < 1.29 is 19.4 Å². The number of methoxy groups -OCH3 is 1. The van der Waals surface area contributed by atoms with Gasteiger partial charge in [0, 0.05) is 12.3 Å². The van der Waals surface area contributed by atoms with Crippen LogP contribution in [-0.4, -0.2) is 29.6 Å². The minimum atomic E-state index is -1.29. The zero-order valence-corrected chi connectivity index (χ0v) is 15.1. The van der Waals surface area contributed by atoms with E-state index in [1.807, 2.05) is 0 Å². The lowest BCUT2D eigenvalue weighted by molar-refractivity contribution is -0.185. The van der Waals surface area contributed by atoms with Crippen LogP contribution in [0.4, 0.5) is 0 Å². The molecule has 1 spiro atoms. The van der Waals surface area contributed by atoms with Crippen LogP contribution in [0.3, 0.4) is 0 Å². The summed E-state index contributed by atoms with van der Waals surface area (Å²) >= 11 is 0. The first kappa shape index (κ1) is 16.6. The fraction of sp³-hybridized carbons (Fsp3) is 0.900. The molecule has 4 heteroatoms. The Balaban J connectivity index is 1.71. The van der Waals surface area contributed by atoms with Gasteiger partial charge in [-0.05, 0) is 73.5 Å². The summed E-state index contributed by atoms with van der Waals surface area (Å²) in [6.07, 6.45) is 7.24. The zero-order chi connectivity index (χ0) is 17.3. The minimum absolute atomic E-state index is 0.0206. The smallest absolute Gasteiger partial charge is 0.338 e. The van der Waals surface area contributed by atoms with Crippen molar-refractivity contribution >= 4 is 11.8 Å². The van der Waals surface area contributed by atoms with E-state index in [0.29, 0.717) is 30.5 Å². The van der Waals surface area contributed by atoms with Crippen LogP contribution < -0.4 is 0 Å². The Bertz CT molecular complexity index is 586. The Hall–Kier alpha value is -0.900. The van der Waals surface area contributed by atoms with Gasteiger partial charge in [-0.25, -0.2) is 4.79 Å². The number of esters is 1. The number of ketones is 1. The molecule has 4 nitrogen and oxygen atoms in total. The summed E-state index contributed by atoms with van der Waals surface area (Å²) < 4.78 is 4.92. The maximum Gasteiger partial charge on any atom is 0.338 e. The van der Waals surface area contributed by atoms with Crippen LogP contribution in [0.1, 0.15) is 65.2 Å². The average Bonchev–Trinajstić information content (AvgIpc) is 2.92. The molecule has 0 aromatic heterocycles. The van der Waals surface area contributed by atoms with Crippen molar-refractivity contribution in [3.63, 3.8) is 0 Å². The maximum atomic E-state index is 12.3. The van der Waals surface area contributed by atoms with Gasteiger partial charge < -0.3 is 9.84 Å². The SMILES string of the molecule is COC(=O)[C@@]1(O)CC[C@]23C[C@H]1C[C@@H]2CC[C@H]1[C@H](C)C(=O)CC[C@@]13C. The number of carbonyl (C=O) groups is 2. The van der Waals surface area contributed by atoms with Crippen molar-refractivity contribution in [2.24, 2.45) is 34.5 Å². The summed E-state index contributed by atoms with van der Waals surface area (Å²) in [5, 5.41) is 11.0. The quantitative estimate of drug-likeness (QED) is 0.748. The second-order valence-electron chi connectivity index (χ2n) is 9.26. The molecule has 4 rings (SSSR count). The fourth-order valence-electron chi connectivity index (χ4n) is 7.51. The third-order valence-corrected chi connectivity index (χ3v) is 8.91. The molecule has 24 heavy (non-hydrogen) atoms. The Morgan fingerprint density at radius 1 is 1.21 bits per heavy atom. The molecular weight excluding hydrogens is 304 g/mol. The number of Topliss-reactive ketones (excluding diaryl/α,β-unsaturated/α-hetero) is 1. The predicted molar refractivity (Wildman–Crippen MR) is 89.1 cm³/mol. The summed E-state index contributed by atoms with van der Waals surface area (Å²) in [4.78, 5) is 24.5. The van der Waals surface area contributed by atoms with Crippen molar-refractivity contribution in [2.75, 3.05) is 7.11 Å². The van der Waals surface area contributed by atoms with E-state index in [2.05, 4.69) is 13.8 Å². The number of rotatable bonds is 1. The van der Waals surface area contributed by atoms with Crippen LogP contribution in [0.5, 0.6) is 0 Å². The summed E-state index contributed by atoms with van der Waals surface area (Å²) in [6, 6.07) is 0. The van der Waals surface area contributed by atoms with E-state index < -0.39 is 11.6 Å². The molecule has 134 valence electrons. The van der Waals surface area contributed by atoms with E-state index in [9.17, 15) is 14.7 Å². The third kappa shape index (κ3) is 1.79. The fourth-order valence-corrected chi connectivity index (χ4v) is 7.51. The molecule has 2 bridgehead atoms. The van der Waals surface area contributed by atoms with Crippen LogP contribution in [0.15, 0.2) is 0 Å². The van der Waals surface area contributed by atoms with E-state index in [1.54, 1.807) is 0 Å². The van der Waals surface area contributed by atoms with Gasteiger partial charge in [0.15, 0.2) is 5.60 Å². The van der Waals surface area contributed by atoms with E-state index in [4.69, 9.17) is 4.74 Å². The first-order valence-electron chi connectivity index (χ1n) is 9.62. The van der Waals surface area contributed by atoms with Crippen LogP contribution in [0, 0.1) is 34.5 Å². The van der Waals surface area contributed by atoms with Crippen molar-refractivity contribution in [1.29, 1.82) is 0 Å². The van der Waals surface area contributed by atoms with Gasteiger partial charge in [-0.2, -0.15) is 0 Å². The Labute approximate surface area is 144 Å². The average molecular weight is 334 g/mol.